The molecule has 0 radical (unpaired) electrons. The Kier molecular flexibility index (Phi) is 5.29. The molecule has 0 aromatic rings. The SMILES string of the molecule is C=CCN(CCO)CCC1(CN)CCC1. The smallest absolute Gasteiger partial charge is 0.0558 e. The zero-order chi connectivity index (χ0) is 11.1. The van der Waals surface area contributed by atoms with E-state index in [9.17, 15) is 0 Å². The number of nitrogens with two attached hydrogens (primary N) is 1. The van der Waals surface area contributed by atoms with Crippen molar-refractivity contribution < 1.29 is 5.11 Å². The number of aliphatic hydroxyl groups is 1. The van der Waals surface area contributed by atoms with Gasteiger partial charge in [-0.2, -0.15) is 0 Å². The van der Waals surface area contributed by atoms with Gasteiger partial charge in [-0.1, -0.05) is 12.5 Å². The summed E-state index contributed by atoms with van der Waals surface area (Å²) in [5.41, 5.74) is 6.23. The molecule has 15 heavy (non-hydrogen) atoms. The molecule has 1 fully saturated rings. The molecule has 3 N–H and O–H groups in total. The van der Waals surface area contributed by atoms with E-state index < -0.39 is 0 Å². The highest BCUT2D eigenvalue weighted by molar-refractivity contribution is 4.89. The summed E-state index contributed by atoms with van der Waals surface area (Å²) in [7, 11) is 0. The number of rotatable bonds is 8. The van der Waals surface area contributed by atoms with Gasteiger partial charge >= 0.3 is 0 Å². The van der Waals surface area contributed by atoms with Gasteiger partial charge in [0.25, 0.3) is 0 Å². The minimum atomic E-state index is 0.226. The van der Waals surface area contributed by atoms with Crippen LogP contribution in [-0.2, 0) is 0 Å². The van der Waals surface area contributed by atoms with Crippen molar-refractivity contribution in [2.75, 3.05) is 32.8 Å². The summed E-state index contributed by atoms with van der Waals surface area (Å²) in [5, 5.41) is 8.92. The van der Waals surface area contributed by atoms with E-state index in [0.29, 0.717) is 5.41 Å². The molecule has 0 aliphatic heterocycles. The zero-order valence-electron chi connectivity index (χ0n) is 9.62. The van der Waals surface area contributed by atoms with E-state index in [1.165, 1.54) is 19.3 Å². The third-order valence-corrected chi connectivity index (χ3v) is 3.61. The fraction of sp³-hybridized carbons (Fsp3) is 0.833. The minimum absolute atomic E-state index is 0.226. The van der Waals surface area contributed by atoms with E-state index in [0.717, 1.165) is 32.6 Å². The molecule has 0 heterocycles. The first-order valence-corrected chi connectivity index (χ1v) is 5.90. The lowest BCUT2D eigenvalue weighted by molar-refractivity contribution is 0.103. The first-order valence-electron chi connectivity index (χ1n) is 5.90. The van der Waals surface area contributed by atoms with Crippen molar-refractivity contribution in [3.63, 3.8) is 0 Å². The molecular formula is C12H24N2O. The second-order valence-corrected chi connectivity index (χ2v) is 4.62. The van der Waals surface area contributed by atoms with Gasteiger partial charge < -0.3 is 10.8 Å². The molecule has 0 unspecified atom stereocenters. The van der Waals surface area contributed by atoms with Crippen LogP contribution >= 0.6 is 0 Å². The molecule has 3 heteroatoms. The summed E-state index contributed by atoms with van der Waals surface area (Å²) in [6.07, 6.45) is 6.96. The average Bonchev–Trinajstić information content (AvgIpc) is 2.17. The number of nitrogens with zero attached hydrogens (tertiary/aromatic N) is 1. The van der Waals surface area contributed by atoms with Gasteiger partial charge in [0.2, 0.25) is 0 Å². The molecule has 0 aromatic carbocycles. The van der Waals surface area contributed by atoms with E-state index in [1.54, 1.807) is 0 Å². The first kappa shape index (κ1) is 12.7. The van der Waals surface area contributed by atoms with Crippen LogP contribution in [0.5, 0.6) is 0 Å². The standard InChI is InChI=1S/C12H24N2O/c1-2-7-14(9-10-15)8-6-12(11-13)4-3-5-12/h2,15H,1,3-11,13H2. The Morgan fingerprint density at radius 3 is 2.53 bits per heavy atom. The molecule has 0 aromatic heterocycles. The van der Waals surface area contributed by atoms with Crippen LogP contribution in [0.25, 0.3) is 0 Å². The van der Waals surface area contributed by atoms with Crippen molar-refractivity contribution in [3.05, 3.63) is 12.7 Å². The Hall–Kier alpha value is -0.380. The maximum atomic E-state index is 8.92. The summed E-state index contributed by atoms with van der Waals surface area (Å²) in [4.78, 5) is 2.24. The third-order valence-electron chi connectivity index (χ3n) is 3.61. The Morgan fingerprint density at radius 2 is 2.13 bits per heavy atom. The first-order chi connectivity index (χ1) is 7.26. The van der Waals surface area contributed by atoms with Crippen LogP contribution < -0.4 is 5.73 Å². The molecule has 1 rings (SSSR count). The lowest BCUT2D eigenvalue weighted by atomic mass is 9.66. The number of hydrogen-bond donors (Lipinski definition) is 2. The molecule has 1 saturated carbocycles. The van der Waals surface area contributed by atoms with Crippen molar-refractivity contribution in [2.45, 2.75) is 25.7 Å². The quantitative estimate of drug-likeness (QED) is 0.590. The van der Waals surface area contributed by atoms with Crippen LogP contribution in [0.15, 0.2) is 12.7 Å². The van der Waals surface area contributed by atoms with Gasteiger partial charge in [-0.05, 0) is 37.8 Å². The largest absolute Gasteiger partial charge is 0.395 e. The topological polar surface area (TPSA) is 49.5 Å². The van der Waals surface area contributed by atoms with Crippen molar-refractivity contribution in [2.24, 2.45) is 11.1 Å². The Bertz CT molecular complexity index is 185. The van der Waals surface area contributed by atoms with Crippen molar-refractivity contribution in [3.8, 4) is 0 Å². The van der Waals surface area contributed by atoms with Gasteiger partial charge in [0.05, 0.1) is 6.61 Å². The fourth-order valence-corrected chi connectivity index (χ4v) is 2.25. The van der Waals surface area contributed by atoms with Gasteiger partial charge in [-0.15, -0.1) is 6.58 Å². The fourth-order valence-electron chi connectivity index (χ4n) is 2.25. The highest BCUT2D eigenvalue weighted by Gasteiger charge is 2.35. The van der Waals surface area contributed by atoms with Crippen molar-refractivity contribution >= 4 is 0 Å². The van der Waals surface area contributed by atoms with E-state index >= 15 is 0 Å². The van der Waals surface area contributed by atoms with Gasteiger partial charge in [0, 0.05) is 13.1 Å². The average molecular weight is 212 g/mol. The molecule has 3 nitrogen and oxygen atoms in total. The summed E-state index contributed by atoms with van der Waals surface area (Å²) >= 11 is 0. The predicted octanol–water partition coefficient (Wildman–Crippen LogP) is 0.986. The zero-order valence-corrected chi connectivity index (χ0v) is 9.62. The van der Waals surface area contributed by atoms with E-state index in [-0.39, 0.29) is 6.61 Å². The summed E-state index contributed by atoms with van der Waals surface area (Å²) < 4.78 is 0. The summed E-state index contributed by atoms with van der Waals surface area (Å²) in [5.74, 6) is 0. The third kappa shape index (κ3) is 3.59. The summed E-state index contributed by atoms with van der Waals surface area (Å²) in [6.45, 7) is 7.41. The van der Waals surface area contributed by atoms with Gasteiger partial charge in [-0.3, -0.25) is 4.90 Å². The molecule has 0 saturated heterocycles. The lowest BCUT2D eigenvalue weighted by Gasteiger charge is -2.42. The molecule has 0 bridgehead atoms. The normalized spacial score (nSPS) is 18.9. The Balaban J connectivity index is 2.28. The van der Waals surface area contributed by atoms with Crippen LogP contribution in [0.2, 0.25) is 0 Å². The van der Waals surface area contributed by atoms with Crippen LogP contribution in [0.1, 0.15) is 25.7 Å². The van der Waals surface area contributed by atoms with Gasteiger partial charge in [-0.25, -0.2) is 0 Å². The van der Waals surface area contributed by atoms with Crippen molar-refractivity contribution in [1.29, 1.82) is 0 Å². The maximum Gasteiger partial charge on any atom is 0.0558 e. The van der Waals surface area contributed by atoms with Crippen LogP contribution in [0, 0.1) is 5.41 Å². The number of hydrogen-bond acceptors (Lipinski definition) is 3. The summed E-state index contributed by atoms with van der Waals surface area (Å²) in [6, 6.07) is 0. The van der Waals surface area contributed by atoms with Crippen molar-refractivity contribution in [1.82, 2.24) is 4.90 Å². The molecule has 0 spiro atoms. The Labute approximate surface area is 93.0 Å². The monoisotopic (exact) mass is 212 g/mol. The van der Waals surface area contributed by atoms with E-state index in [4.69, 9.17) is 10.8 Å². The molecule has 0 amide bonds. The second kappa shape index (κ2) is 6.26. The maximum absolute atomic E-state index is 8.92. The highest BCUT2D eigenvalue weighted by atomic mass is 16.3. The molecular weight excluding hydrogens is 188 g/mol. The minimum Gasteiger partial charge on any atom is -0.395 e. The molecule has 1 aliphatic rings. The predicted molar refractivity (Wildman–Crippen MR) is 63.7 cm³/mol. The molecule has 1 aliphatic carbocycles. The van der Waals surface area contributed by atoms with Crippen LogP contribution in [0.3, 0.4) is 0 Å². The van der Waals surface area contributed by atoms with Crippen LogP contribution in [0.4, 0.5) is 0 Å². The van der Waals surface area contributed by atoms with E-state index in [2.05, 4.69) is 11.5 Å². The van der Waals surface area contributed by atoms with Gasteiger partial charge in [0.1, 0.15) is 0 Å². The Morgan fingerprint density at radius 1 is 1.40 bits per heavy atom. The second-order valence-electron chi connectivity index (χ2n) is 4.62. The van der Waals surface area contributed by atoms with E-state index in [1.807, 2.05) is 6.08 Å². The molecule has 88 valence electrons. The lowest BCUT2D eigenvalue weighted by Crippen LogP contribution is -2.41. The highest BCUT2D eigenvalue weighted by Crippen LogP contribution is 2.42. The molecule has 0 atom stereocenters. The van der Waals surface area contributed by atoms with Crippen LogP contribution in [-0.4, -0.2) is 42.8 Å². The van der Waals surface area contributed by atoms with Gasteiger partial charge in [0.15, 0.2) is 0 Å². The number of aliphatic hydroxyl groups excluding tert-OH is 1.